The van der Waals surface area contributed by atoms with Crippen LogP contribution in [0.2, 0.25) is 5.02 Å². The minimum atomic E-state index is -0.792. The van der Waals surface area contributed by atoms with Crippen LogP contribution in [0.25, 0.3) is 11.1 Å². The van der Waals surface area contributed by atoms with E-state index in [1.54, 1.807) is 48.5 Å². The van der Waals surface area contributed by atoms with Gasteiger partial charge in [0.05, 0.1) is 11.3 Å². The number of hydrogen-bond acceptors (Lipinski definition) is 3. The highest BCUT2D eigenvalue weighted by Crippen LogP contribution is 2.33. The molecule has 1 aliphatic heterocycles. The second kappa shape index (κ2) is 9.93. The number of primary amides is 1. The molecule has 3 aromatic rings. The summed E-state index contributed by atoms with van der Waals surface area (Å²) in [5.41, 5.74) is 7.56. The molecule has 0 aliphatic carbocycles. The summed E-state index contributed by atoms with van der Waals surface area (Å²) in [4.78, 5) is 39.6. The lowest BCUT2D eigenvalue weighted by Crippen LogP contribution is -2.53. The third kappa shape index (κ3) is 5.02. The molecule has 174 valence electrons. The zero-order valence-corrected chi connectivity index (χ0v) is 18.8. The zero-order valence-electron chi connectivity index (χ0n) is 18.1. The lowest BCUT2D eigenvalue weighted by atomic mass is 9.95. The molecule has 1 saturated heterocycles. The molecule has 1 heterocycles. The number of halogens is 2. The molecule has 0 aromatic heterocycles. The summed E-state index contributed by atoms with van der Waals surface area (Å²) >= 11 is 5.86. The highest BCUT2D eigenvalue weighted by Gasteiger charge is 2.33. The molecule has 0 saturated carbocycles. The maximum absolute atomic E-state index is 13.8. The number of piperidine rings is 1. The average Bonchev–Trinajstić information content (AvgIpc) is 2.81. The van der Waals surface area contributed by atoms with Gasteiger partial charge in [-0.2, -0.15) is 0 Å². The highest BCUT2D eigenvalue weighted by molar-refractivity contribution is 6.30. The Kier molecular flexibility index (Phi) is 6.79. The summed E-state index contributed by atoms with van der Waals surface area (Å²) in [6.07, 6.45) is 1.04. The van der Waals surface area contributed by atoms with Crippen molar-refractivity contribution < 1.29 is 18.8 Å². The van der Waals surface area contributed by atoms with Gasteiger partial charge in [0.1, 0.15) is 11.9 Å². The number of urea groups is 1. The molecule has 7 nitrogen and oxygen atoms in total. The molecule has 1 fully saturated rings. The van der Waals surface area contributed by atoms with Crippen LogP contribution in [0.1, 0.15) is 23.2 Å². The Hall–Kier alpha value is -3.91. The van der Waals surface area contributed by atoms with Crippen molar-refractivity contribution in [3.63, 3.8) is 0 Å². The zero-order chi connectivity index (χ0) is 24.2. The van der Waals surface area contributed by atoms with E-state index < -0.39 is 23.8 Å². The first-order chi connectivity index (χ1) is 16.3. The Balaban J connectivity index is 1.59. The van der Waals surface area contributed by atoms with E-state index in [1.807, 2.05) is 0 Å². The standard InChI is InChI=1S/C25H22ClFN4O3/c26-16-9-11-18(12-10-16)29-25(34)30-20-7-3-13-31(24(20)33)21-8-2-6-19(22(21)23(28)32)15-4-1-5-17(27)14-15/h1-2,4-6,8-12,14,20H,3,7,13H2,(H2,28,32)(H2,29,30,34). The van der Waals surface area contributed by atoms with Crippen LogP contribution in [0.3, 0.4) is 0 Å². The predicted octanol–water partition coefficient (Wildman–Crippen LogP) is 4.56. The van der Waals surface area contributed by atoms with Crippen molar-refractivity contribution in [2.24, 2.45) is 5.73 Å². The summed E-state index contributed by atoms with van der Waals surface area (Å²) in [6.45, 7) is 0.350. The number of amides is 4. The van der Waals surface area contributed by atoms with Crippen LogP contribution < -0.4 is 21.3 Å². The number of nitrogens with zero attached hydrogens (tertiary/aromatic N) is 1. The lowest BCUT2D eigenvalue weighted by Gasteiger charge is -2.34. The first kappa shape index (κ1) is 23.3. The maximum Gasteiger partial charge on any atom is 0.319 e. The van der Waals surface area contributed by atoms with Crippen molar-refractivity contribution in [1.82, 2.24) is 5.32 Å². The van der Waals surface area contributed by atoms with Gasteiger partial charge in [-0.25, -0.2) is 9.18 Å². The van der Waals surface area contributed by atoms with Crippen LogP contribution in [-0.2, 0) is 4.79 Å². The van der Waals surface area contributed by atoms with Crippen LogP contribution in [0.5, 0.6) is 0 Å². The first-order valence-electron chi connectivity index (χ1n) is 10.7. The van der Waals surface area contributed by atoms with Gasteiger partial charge in [-0.05, 0) is 66.4 Å². The second-order valence-corrected chi connectivity index (χ2v) is 8.30. The molecule has 4 rings (SSSR count). The smallest absolute Gasteiger partial charge is 0.319 e. The van der Waals surface area contributed by atoms with Crippen molar-refractivity contribution in [2.45, 2.75) is 18.9 Å². The number of carbonyl (C=O) groups is 3. The van der Waals surface area contributed by atoms with Gasteiger partial charge in [-0.1, -0.05) is 35.9 Å². The van der Waals surface area contributed by atoms with E-state index in [0.29, 0.717) is 46.9 Å². The molecule has 0 radical (unpaired) electrons. The molecule has 0 bridgehead atoms. The van der Waals surface area contributed by atoms with E-state index in [-0.39, 0.29) is 11.5 Å². The van der Waals surface area contributed by atoms with Gasteiger partial charge in [0.15, 0.2) is 0 Å². The van der Waals surface area contributed by atoms with E-state index in [0.717, 1.165) is 0 Å². The summed E-state index contributed by atoms with van der Waals surface area (Å²) in [5.74, 6) is -1.56. The normalized spacial score (nSPS) is 15.6. The molecule has 9 heteroatoms. The number of nitrogens with two attached hydrogens (primary N) is 1. The molecule has 0 spiro atoms. The molecule has 4 amide bonds. The van der Waals surface area contributed by atoms with Crippen molar-refractivity contribution in [3.05, 3.63) is 83.1 Å². The molecular weight excluding hydrogens is 459 g/mol. The number of rotatable bonds is 5. The third-order valence-electron chi connectivity index (χ3n) is 5.56. The molecule has 34 heavy (non-hydrogen) atoms. The van der Waals surface area contributed by atoms with Crippen LogP contribution in [0.15, 0.2) is 66.7 Å². The fourth-order valence-electron chi connectivity index (χ4n) is 4.03. The van der Waals surface area contributed by atoms with E-state index in [9.17, 15) is 18.8 Å². The van der Waals surface area contributed by atoms with Gasteiger partial charge in [-0.3, -0.25) is 9.59 Å². The van der Waals surface area contributed by atoms with Gasteiger partial charge in [0.2, 0.25) is 5.91 Å². The van der Waals surface area contributed by atoms with Crippen LogP contribution in [0.4, 0.5) is 20.6 Å². The molecular formula is C25H22ClFN4O3. The average molecular weight is 481 g/mol. The Morgan fingerprint density at radius 3 is 2.50 bits per heavy atom. The van der Waals surface area contributed by atoms with Gasteiger partial charge in [0, 0.05) is 17.3 Å². The summed E-state index contributed by atoms with van der Waals surface area (Å²) in [5, 5.41) is 5.90. The van der Waals surface area contributed by atoms with Crippen molar-refractivity contribution in [3.8, 4) is 11.1 Å². The van der Waals surface area contributed by atoms with E-state index in [1.165, 1.54) is 23.1 Å². The summed E-state index contributed by atoms with van der Waals surface area (Å²) in [6, 6.07) is 16.0. The molecule has 1 unspecified atom stereocenters. The van der Waals surface area contributed by atoms with Crippen molar-refractivity contribution in [1.29, 1.82) is 0 Å². The van der Waals surface area contributed by atoms with Gasteiger partial charge in [0.25, 0.3) is 5.91 Å². The number of carbonyl (C=O) groups excluding carboxylic acids is 3. The topological polar surface area (TPSA) is 105 Å². The lowest BCUT2D eigenvalue weighted by molar-refractivity contribution is -0.121. The van der Waals surface area contributed by atoms with Crippen molar-refractivity contribution >= 4 is 40.8 Å². The third-order valence-corrected chi connectivity index (χ3v) is 5.81. The van der Waals surface area contributed by atoms with E-state index in [4.69, 9.17) is 17.3 Å². The second-order valence-electron chi connectivity index (χ2n) is 7.86. The fraction of sp³-hybridized carbons (Fsp3) is 0.160. The minimum absolute atomic E-state index is 0.118. The van der Waals surface area contributed by atoms with Crippen LogP contribution in [-0.4, -0.2) is 30.4 Å². The predicted molar refractivity (Wildman–Crippen MR) is 129 cm³/mol. The highest BCUT2D eigenvalue weighted by atomic mass is 35.5. The number of anilines is 2. The minimum Gasteiger partial charge on any atom is -0.366 e. The Morgan fingerprint density at radius 1 is 1.06 bits per heavy atom. The van der Waals surface area contributed by atoms with E-state index in [2.05, 4.69) is 10.6 Å². The molecule has 1 atom stereocenters. The fourth-order valence-corrected chi connectivity index (χ4v) is 4.15. The van der Waals surface area contributed by atoms with E-state index >= 15 is 0 Å². The molecule has 4 N–H and O–H groups in total. The van der Waals surface area contributed by atoms with Crippen molar-refractivity contribution in [2.75, 3.05) is 16.8 Å². The van der Waals surface area contributed by atoms with Gasteiger partial charge >= 0.3 is 6.03 Å². The SMILES string of the molecule is NC(=O)c1c(-c2cccc(F)c2)cccc1N1CCCC(NC(=O)Nc2ccc(Cl)cc2)C1=O. The number of benzene rings is 3. The molecule has 3 aromatic carbocycles. The number of nitrogens with one attached hydrogen (secondary N) is 2. The Labute approximate surface area is 200 Å². The first-order valence-corrected chi connectivity index (χ1v) is 11.0. The number of hydrogen-bond donors (Lipinski definition) is 3. The van der Waals surface area contributed by atoms with Gasteiger partial charge < -0.3 is 21.3 Å². The van der Waals surface area contributed by atoms with Crippen LogP contribution in [0, 0.1) is 5.82 Å². The summed E-state index contributed by atoms with van der Waals surface area (Å²) in [7, 11) is 0. The monoisotopic (exact) mass is 480 g/mol. The Bertz CT molecular complexity index is 1250. The quantitative estimate of drug-likeness (QED) is 0.498. The summed E-state index contributed by atoms with van der Waals surface area (Å²) < 4.78 is 13.8. The molecule has 1 aliphatic rings. The van der Waals surface area contributed by atoms with Crippen LogP contribution >= 0.6 is 11.6 Å². The maximum atomic E-state index is 13.8. The van der Waals surface area contributed by atoms with Gasteiger partial charge in [-0.15, -0.1) is 0 Å². The largest absolute Gasteiger partial charge is 0.366 e. The Morgan fingerprint density at radius 2 is 1.79 bits per heavy atom.